The molecule has 0 saturated carbocycles. The molecule has 12 nitrogen and oxygen atoms in total. The number of benzene rings is 1. The van der Waals surface area contributed by atoms with Crippen LogP contribution in [0.3, 0.4) is 0 Å². The van der Waals surface area contributed by atoms with E-state index >= 15 is 0 Å². The van der Waals surface area contributed by atoms with Crippen LogP contribution in [0.1, 0.15) is 0 Å². The molecule has 0 bridgehead atoms. The Morgan fingerprint density at radius 1 is 0.895 bits per heavy atom. The highest BCUT2D eigenvalue weighted by Crippen LogP contribution is 2.38. The summed E-state index contributed by atoms with van der Waals surface area (Å²) in [7, 11) is 0. The van der Waals surface area contributed by atoms with Crippen LogP contribution >= 0.6 is 0 Å². The molecule has 1 aromatic carbocycles. The van der Waals surface area contributed by atoms with Crippen LogP contribution in [0, 0.1) is 30.3 Å². The van der Waals surface area contributed by atoms with Crippen LogP contribution in [0.4, 0.5) is 17.1 Å². The monoisotopic (exact) mass is 292 g/mol. The fourth-order valence-corrected chi connectivity index (χ4v) is 1.40. The minimum Gasteiger partial charge on any atom is -0.740 e. The maximum Gasteiger partial charge on any atom is 0.353 e. The van der Waals surface area contributed by atoms with Crippen molar-refractivity contribution in [3.63, 3.8) is 0 Å². The number of nitrogens with zero attached hydrogens (tertiary/aromatic N) is 3. The topological polar surface area (TPSA) is 179 Å². The highest BCUT2D eigenvalue weighted by molar-refractivity contribution is 7.74. The van der Waals surface area contributed by atoms with Crippen molar-refractivity contribution in [2.24, 2.45) is 0 Å². The summed E-state index contributed by atoms with van der Waals surface area (Å²) in [4.78, 5) is 28.1. The van der Waals surface area contributed by atoms with Gasteiger partial charge >= 0.3 is 17.1 Å². The zero-order valence-corrected chi connectivity index (χ0v) is 9.40. The van der Waals surface area contributed by atoms with Gasteiger partial charge in [0.1, 0.15) is 17.4 Å². The Balaban J connectivity index is 3.59. The van der Waals surface area contributed by atoms with Crippen LogP contribution in [-0.4, -0.2) is 23.5 Å². The molecule has 0 aromatic heterocycles. The van der Waals surface area contributed by atoms with E-state index in [2.05, 4.69) is 4.18 Å². The Labute approximate surface area is 105 Å². The van der Waals surface area contributed by atoms with Crippen molar-refractivity contribution in [3.05, 3.63) is 42.5 Å². The average molecular weight is 292 g/mol. The van der Waals surface area contributed by atoms with Gasteiger partial charge in [0.2, 0.25) is 5.75 Å². The molecule has 0 spiro atoms. The van der Waals surface area contributed by atoms with E-state index in [0.29, 0.717) is 6.07 Å². The van der Waals surface area contributed by atoms with Crippen LogP contribution in [0.2, 0.25) is 0 Å². The molecule has 19 heavy (non-hydrogen) atoms. The first kappa shape index (κ1) is 14.4. The van der Waals surface area contributed by atoms with Gasteiger partial charge in [-0.15, -0.1) is 0 Å². The Kier molecular flexibility index (Phi) is 4.03. The average Bonchev–Trinajstić information content (AvgIpc) is 2.26. The lowest BCUT2D eigenvalue weighted by atomic mass is 10.2. The Bertz CT molecular complexity index is 600. The Morgan fingerprint density at radius 3 is 1.68 bits per heavy atom. The molecule has 0 aliphatic rings. The molecular formula is C6H2N3O9S-. The van der Waals surface area contributed by atoms with Crippen LogP contribution in [0.25, 0.3) is 0 Å². The van der Waals surface area contributed by atoms with Crippen molar-refractivity contribution in [3.8, 4) is 5.75 Å². The lowest BCUT2D eigenvalue weighted by Crippen LogP contribution is -2.04. The fourth-order valence-electron chi connectivity index (χ4n) is 1.12. The molecule has 1 aromatic rings. The van der Waals surface area contributed by atoms with Gasteiger partial charge in [0.15, 0.2) is 0 Å². The van der Waals surface area contributed by atoms with Crippen LogP contribution in [0.5, 0.6) is 5.75 Å². The van der Waals surface area contributed by atoms with Gasteiger partial charge in [-0.3, -0.25) is 30.3 Å². The summed E-state index contributed by atoms with van der Waals surface area (Å²) >= 11 is -3.23. The zero-order chi connectivity index (χ0) is 14.7. The summed E-state index contributed by atoms with van der Waals surface area (Å²) in [6.07, 6.45) is 0. The third kappa shape index (κ3) is 3.17. The minimum absolute atomic E-state index is 0.250. The fraction of sp³-hybridized carbons (Fsp3) is 0. The highest BCUT2D eigenvalue weighted by atomic mass is 32.2. The van der Waals surface area contributed by atoms with E-state index in [1.807, 2.05) is 0 Å². The van der Waals surface area contributed by atoms with Crippen LogP contribution < -0.4 is 4.18 Å². The van der Waals surface area contributed by atoms with Gasteiger partial charge in [-0.2, -0.15) is 0 Å². The van der Waals surface area contributed by atoms with Gasteiger partial charge in [0.25, 0.3) is 0 Å². The zero-order valence-electron chi connectivity index (χ0n) is 8.58. The maximum atomic E-state index is 10.6. The second-order valence-corrected chi connectivity index (χ2v) is 3.44. The van der Waals surface area contributed by atoms with Crippen LogP contribution in [-0.2, 0) is 11.4 Å². The number of rotatable bonds is 5. The van der Waals surface area contributed by atoms with E-state index in [0.717, 1.165) is 0 Å². The summed E-state index contributed by atoms with van der Waals surface area (Å²) in [5, 5.41) is 31.7. The quantitative estimate of drug-likeness (QED) is 0.426. The van der Waals surface area contributed by atoms with Gasteiger partial charge in [-0.25, -0.2) is 4.21 Å². The van der Waals surface area contributed by atoms with Crippen molar-refractivity contribution in [1.82, 2.24) is 0 Å². The largest absolute Gasteiger partial charge is 0.740 e. The van der Waals surface area contributed by atoms with Gasteiger partial charge in [0, 0.05) is 0 Å². The smallest absolute Gasteiger partial charge is 0.353 e. The Morgan fingerprint density at radius 2 is 1.32 bits per heavy atom. The Hall–Kier alpha value is -2.67. The summed E-state index contributed by atoms with van der Waals surface area (Å²) in [5.74, 6) is -0.990. The summed E-state index contributed by atoms with van der Waals surface area (Å²) < 4.78 is 24.6. The third-order valence-electron chi connectivity index (χ3n) is 1.80. The van der Waals surface area contributed by atoms with E-state index in [9.17, 15) is 39.1 Å². The van der Waals surface area contributed by atoms with Crippen molar-refractivity contribution >= 4 is 28.4 Å². The number of nitro benzene ring substituents is 3. The molecule has 1 atom stereocenters. The van der Waals surface area contributed by atoms with E-state index in [1.54, 1.807) is 0 Å². The van der Waals surface area contributed by atoms with Crippen molar-refractivity contribution in [2.45, 2.75) is 0 Å². The second-order valence-electron chi connectivity index (χ2n) is 2.87. The van der Waals surface area contributed by atoms with Gasteiger partial charge in [0.05, 0.1) is 20.8 Å². The first-order valence-corrected chi connectivity index (χ1v) is 5.13. The van der Waals surface area contributed by atoms with Gasteiger partial charge < -0.3 is 8.74 Å². The van der Waals surface area contributed by atoms with E-state index in [4.69, 9.17) is 0 Å². The van der Waals surface area contributed by atoms with Crippen molar-refractivity contribution in [1.29, 1.82) is 0 Å². The standard InChI is InChI=1S/C6H3N3O9S/c10-7(11)3-1-5(9(14)15)6(18-19(16)17)2-4(3)8(12)13/h1-2H,(H,16,17)/p-1. The molecule has 0 saturated heterocycles. The van der Waals surface area contributed by atoms with E-state index < -0.39 is 48.9 Å². The van der Waals surface area contributed by atoms with Gasteiger partial charge in [-0.05, 0) is 0 Å². The predicted molar refractivity (Wildman–Crippen MR) is 56.0 cm³/mol. The molecule has 0 aliphatic carbocycles. The molecule has 13 heteroatoms. The summed E-state index contributed by atoms with van der Waals surface area (Å²) in [6.45, 7) is 0. The molecule has 0 aliphatic heterocycles. The molecule has 0 fully saturated rings. The second kappa shape index (κ2) is 5.32. The lowest BCUT2D eigenvalue weighted by Gasteiger charge is -2.07. The van der Waals surface area contributed by atoms with Crippen LogP contribution in [0.15, 0.2) is 12.1 Å². The van der Waals surface area contributed by atoms with E-state index in [1.165, 1.54) is 0 Å². The SMILES string of the molecule is O=[N+]([O-])c1cc([N+](=O)[O-])c([N+](=O)[O-])cc1OS(=O)[O-]. The number of hydrogen-bond acceptors (Lipinski definition) is 9. The van der Waals surface area contributed by atoms with Gasteiger partial charge in [-0.1, -0.05) is 0 Å². The first-order valence-electron chi connectivity index (χ1n) is 4.13. The third-order valence-corrected chi connectivity index (χ3v) is 2.12. The molecule has 1 rings (SSSR count). The van der Waals surface area contributed by atoms with Crippen molar-refractivity contribution in [2.75, 3.05) is 0 Å². The molecule has 0 amide bonds. The molecule has 0 N–H and O–H groups in total. The summed E-state index contributed by atoms with van der Waals surface area (Å²) in [6, 6.07) is 0.548. The maximum absolute atomic E-state index is 10.6. The number of nitro groups is 3. The lowest BCUT2D eigenvalue weighted by molar-refractivity contribution is -0.424. The van der Waals surface area contributed by atoms with E-state index in [-0.39, 0.29) is 6.07 Å². The molecular weight excluding hydrogens is 290 g/mol. The molecule has 1 unspecified atom stereocenters. The molecule has 0 heterocycles. The number of hydrogen-bond donors (Lipinski definition) is 0. The molecule has 102 valence electrons. The highest BCUT2D eigenvalue weighted by Gasteiger charge is 2.32. The summed E-state index contributed by atoms with van der Waals surface area (Å²) in [5.41, 5.74) is -3.36. The minimum atomic E-state index is -3.23. The predicted octanol–water partition coefficient (Wildman–Crippen LogP) is 0.584. The first-order chi connectivity index (χ1) is 8.73. The molecule has 0 radical (unpaired) electrons. The van der Waals surface area contributed by atoms with Crippen molar-refractivity contribution < 1.29 is 27.7 Å². The normalized spacial score (nSPS) is 11.6.